The van der Waals surface area contributed by atoms with E-state index in [4.69, 9.17) is 9.72 Å². The maximum atomic E-state index is 13.3. The molecule has 0 atom stereocenters. The number of anilines is 1. The molecule has 0 N–H and O–H groups in total. The molecule has 2 aromatic carbocycles. The fourth-order valence-corrected chi connectivity index (χ4v) is 6.81. The molecular weight excluding hydrogens is 502 g/mol. The average Bonchev–Trinajstić information content (AvgIpc) is 3.28. The Hall–Kier alpha value is -1.98. The Morgan fingerprint density at radius 2 is 1.91 bits per heavy atom. The number of hydrogen-bond acceptors (Lipinski definition) is 8. The Balaban J connectivity index is 1.46. The smallest absolute Gasteiger partial charge is 0.228 e. The molecule has 3 aromatic rings. The second-order valence-corrected chi connectivity index (χ2v) is 12.6. The average molecular weight is 534 g/mol. The Bertz CT molecular complexity index is 1250. The molecule has 0 aliphatic carbocycles. The van der Waals surface area contributed by atoms with E-state index < -0.39 is 9.84 Å². The van der Waals surface area contributed by atoms with E-state index >= 15 is 0 Å². The molecule has 1 saturated heterocycles. The van der Waals surface area contributed by atoms with Crippen molar-refractivity contribution >= 4 is 54.2 Å². The highest BCUT2D eigenvalue weighted by Crippen LogP contribution is 2.32. The van der Waals surface area contributed by atoms with Crippen LogP contribution < -0.4 is 4.90 Å². The highest BCUT2D eigenvalue weighted by atomic mass is 32.2. The number of carbonyl (C=O) groups excluding carboxylic acids is 1. The van der Waals surface area contributed by atoms with Gasteiger partial charge in [0, 0.05) is 37.5 Å². The van der Waals surface area contributed by atoms with Gasteiger partial charge in [-0.05, 0) is 49.9 Å². The fourth-order valence-electron chi connectivity index (χ4n) is 3.94. The third kappa shape index (κ3) is 6.83. The number of carbonyl (C=O) groups is 1. The first-order chi connectivity index (χ1) is 16.9. The Morgan fingerprint density at radius 3 is 2.63 bits per heavy atom. The van der Waals surface area contributed by atoms with Crippen LogP contribution in [0.15, 0.2) is 52.3 Å². The summed E-state index contributed by atoms with van der Waals surface area (Å²) in [7, 11) is -3.43. The molecule has 188 valence electrons. The molecule has 4 rings (SSSR count). The predicted octanol–water partition coefficient (Wildman–Crippen LogP) is 4.25. The lowest BCUT2D eigenvalue weighted by Gasteiger charge is -2.29. The second-order valence-electron chi connectivity index (χ2n) is 8.56. The van der Waals surface area contributed by atoms with Crippen molar-refractivity contribution in [1.29, 1.82) is 0 Å². The molecule has 7 nitrogen and oxygen atoms in total. The standard InChI is InChI=1S/C25H31N3O4S3/c1-19-5-8-21(9-6-19)35(30,31)17-3-4-24(29)28(12-11-27-13-15-32-16-14-27)25-26-22-10-7-20(33-2)18-23(22)34-25/h5-10,18H,3-4,11-17H2,1-2H3. The molecule has 10 heteroatoms. The van der Waals surface area contributed by atoms with Crippen LogP contribution in [0, 0.1) is 6.92 Å². The number of thiazole rings is 1. The Morgan fingerprint density at radius 1 is 1.17 bits per heavy atom. The Kier molecular flexibility index (Phi) is 8.82. The summed E-state index contributed by atoms with van der Waals surface area (Å²) in [6.07, 6.45) is 2.46. The largest absolute Gasteiger partial charge is 0.379 e. The van der Waals surface area contributed by atoms with Crippen molar-refractivity contribution in [3.63, 3.8) is 0 Å². The van der Waals surface area contributed by atoms with E-state index in [1.807, 2.05) is 25.3 Å². The van der Waals surface area contributed by atoms with Crippen LogP contribution in [0.1, 0.15) is 18.4 Å². The van der Waals surface area contributed by atoms with E-state index in [1.54, 1.807) is 40.9 Å². The fraction of sp³-hybridized carbons (Fsp3) is 0.440. The first-order valence-electron chi connectivity index (χ1n) is 11.7. The Labute approximate surface area is 215 Å². The number of benzene rings is 2. The van der Waals surface area contributed by atoms with Crippen LogP contribution in [-0.2, 0) is 19.4 Å². The van der Waals surface area contributed by atoms with Crippen LogP contribution in [0.2, 0.25) is 0 Å². The summed E-state index contributed by atoms with van der Waals surface area (Å²) in [5.41, 5.74) is 1.88. The van der Waals surface area contributed by atoms with Gasteiger partial charge in [0.1, 0.15) is 0 Å². The molecule has 0 unspecified atom stereocenters. The topological polar surface area (TPSA) is 79.8 Å². The number of rotatable bonds is 10. The van der Waals surface area contributed by atoms with Gasteiger partial charge in [0.15, 0.2) is 15.0 Å². The minimum Gasteiger partial charge on any atom is -0.379 e. The summed E-state index contributed by atoms with van der Waals surface area (Å²) in [6, 6.07) is 13.0. The second kappa shape index (κ2) is 11.8. The molecule has 0 saturated carbocycles. The van der Waals surface area contributed by atoms with Gasteiger partial charge < -0.3 is 4.74 Å². The molecule has 1 amide bonds. The number of hydrogen-bond donors (Lipinski definition) is 0. The number of nitrogens with zero attached hydrogens (tertiary/aromatic N) is 3. The monoisotopic (exact) mass is 533 g/mol. The SMILES string of the molecule is CSc1ccc2nc(N(CCN3CCOCC3)C(=O)CCCS(=O)(=O)c3ccc(C)cc3)sc2c1. The predicted molar refractivity (Wildman–Crippen MR) is 143 cm³/mol. The van der Waals surface area contributed by atoms with Crippen molar-refractivity contribution in [3.05, 3.63) is 48.0 Å². The van der Waals surface area contributed by atoms with Gasteiger partial charge in [-0.3, -0.25) is 14.6 Å². The van der Waals surface area contributed by atoms with Crippen LogP contribution in [0.4, 0.5) is 5.13 Å². The van der Waals surface area contributed by atoms with Gasteiger partial charge in [-0.25, -0.2) is 13.4 Å². The minimum atomic E-state index is -3.43. The van der Waals surface area contributed by atoms with Crippen molar-refractivity contribution < 1.29 is 17.9 Å². The third-order valence-electron chi connectivity index (χ3n) is 6.04. The van der Waals surface area contributed by atoms with Crippen LogP contribution in [-0.4, -0.2) is 75.6 Å². The van der Waals surface area contributed by atoms with E-state index in [0.717, 1.165) is 40.3 Å². The minimum absolute atomic E-state index is 0.0595. The zero-order chi connectivity index (χ0) is 24.8. The molecule has 2 heterocycles. The molecule has 0 bridgehead atoms. The number of aryl methyl sites for hydroxylation is 1. The number of amides is 1. The lowest BCUT2D eigenvalue weighted by atomic mass is 10.2. The van der Waals surface area contributed by atoms with Crippen LogP contribution in [0.5, 0.6) is 0 Å². The zero-order valence-corrected chi connectivity index (χ0v) is 22.6. The van der Waals surface area contributed by atoms with Crippen molar-refractivity contribution in [1.82, 2.24) is 9.88 Å². The van der Waals surface area contributed by atoms with Crippen LogP contribution in [0.25, 0.3) is 10.2 Å². The van der Waals surface area contributed by atoms with Crippen molar-refractivity contribution in [2.75, 3.05) is 56.3 Å². The van der Waals surface area contributed by atoms with E-state index in [0.29, 0.717) is 29.8 Å². The van der Waals surface area contributed by atoms with E-state index in [-0.39, 0.29) is 24.5 Å². The summed E-state index contributed by atoms with van der Waals surface area (Å²) < 4.78 is 31.9. The number of morpholine rings is 1. The van der Waals surface area contributed by atoms with Gasteiger partial charge in [0.2, 0.25) is 5.91 Å². The molecule has 1 aliphatic rings. The highest BCUT2D eigenvalue weighted by Gasteiger charge is 2.23. The van der Waals surface area contributed by atoms with Crippen molar-refractivity contribution in [2.45, 2.75) is 29.6 Å². The first-order valence-corrected chi connectivity index (χ1v) is 15.4. The lowest BCUT2D eigenvalue weighted by molar-refractivity contribution is -0.118. The van der Waals surface area contributed by atoms with Gasteiger partial charge in [-0.1, -0.05) is 29.0 Å². The lowest BCUT2D eigenvalue weighted by Crippen LogP contribution is -2.43. The van der Waals surface area contributed by atoms with Gasteiger partial charge in [-0.15, -0.1) is 11.8 Å². The molecular formula is C25H31N3O4S3. The number of aromatic nitrogens is 1. The highest BCUT2D eigenvalue weighted by molar-refractivity contribution is 7.98. The summed E-state index contributed by atoms with van der Waals surface area (Å²) in [5.74, 6) is -0.155. The number of fused-ring (bicyclic) bond motifs is 1. The van der Waals surface area contributed by atoms with Crippen LogP contribution >= 0.6 is 23.1 Å². The summed E-state index contributed by atoms with van der Waals surface area (Å²) in [4.78, 5) is 23.5. The van der Waals surface area contributed by atoms with Gasteiger partial charge >= 0.3 is 0 Å². The molecule has 1 aliphatic heterocycles. The van der Waals surface area contributed by atoms with E-state index in [9.17, 15) is 13.2 Å². The first kappa shape index (κ1) is 26.1. The maximum Gasteiger partial charge on any atom is 0.228 e. The van der Waals surface area contributed by atoms with E-state index in [2.05, 4.69) is 11.0 Å². The molecule has 1 aromatic heterocycles. The molecule has 0 spiro atoms. The molecule has 0 radical (unpaired) electrons. The van der Waals surface area contributed by atoms with Crippen LogP contribution in [0.3, 0.4) is 0 Å². The molecule has 1 fully saturated rings. The summed E-state index contributed by atoms with van der Waals surface area (Å²) in [5, 5.41) is 0.665. The van der Waals surface area contributed by atoms with E-state index in [1.165, 1.54) is 11.3 Å². The number of thioether (sulfide) groups is 1. The summed E-state index contributed by atoms with van der Waals surface area (Å²) in [6.45, 7) is 6.24. The zero-order valence-electron chi connectivity index (χ0n) is 20.1. The summed E-state index contributed by atoms with van der Waals surface area (Å²) >= 11 is 3.18. The van der Waals surface area contributed by atoms with Gasteiger partial charge in [0.05, 0.1) is 34.1 Å². The number of ether oxygens (including phenoxy) is 1. The van der Waals surface area contributed by atoms with Crippen molar-refractivity contribution in [2.24, 2.45) is 0 Å². The maximum absolute atomic E-state index is 13.3. The number of sulfone groups is 1. The molecule has 35 heavy (non-hydrogen) atoms. The van der Waals surface area contributed by atoms with Gasteiger partial charge in [-0.2, -0.15) is 0 Å². The third-order valence-corrected chi connectivity index (χ3v) is 9.63. The quantitative estimate of drug-likeness (QED) is 0.361. The van der Waals surface area contributed by atoms with Gasteiger partial charge in [0.25, 0.3) is 0 Å². The van der Waals surface area contributed by atoms with Crippen molar-refractivity contribution in [3.8, 4) is 0 Å². The normalized spacial score (nSPS) is 14.9.